The molecule has 1 unspecified atom stereocenters. The third-order valence-electron chi connectivity index (χ3n) is 5.24. The van der Waals surface area contributed by atoms with Crippen LogP contribution in [0.5, 0.6) is 0 Å². The number of nitrogens with zero attached hydrogens (tertiary/aromatic N) is 2. The number of hydrogen-bond donors (Lipinski definition) is 1. The van der Waals surface area contributed by atoms with E-state index >= 15 is 0 Å². The molecule has 1 heterocycles. The van der Waals surface area contributed by atoms with E-state index in [4.69, 9.17) is 0 Å². The lowest BCUT2D eigenvalue weighted by atomic mass is 10.1. The van der Waals surface area contributed by atoms with Crippen molar-refractivity contribution < 1.29 is 18.0 Å². The summed E-state index contributed by atoms with van der Waals surface area (Å²) in [5.74, 6) is -0.618. The fourth-order valence-corrected chi connectivity index (χ4v) is 4.51. The molecule has 0 radical (unpaired) electrons. The van der Waals surface area contributed by atoms with Crippen LogP contribution in [-0.2, 0) is 17.5 Å². The zero-order valence-electron chi connectivity index (χ0n) is 17.8. The summed E-state index contributed by atoms with van der Waals surface area (Å²) in [6, 6.07) is 16.0. The second-order valence-corrected chi connectivity index (χ2v) is 8.76. The monoisotopic (exact) mass is 471 g/mol. The van der Waals surface area contributed by atoms with Gasteiger partial charge in [-0.2, -0.15) is 13.2 Å². The van der Waals surface area contributed by atoms with Crippen LogP contribution in [0.2, 0.25) is 0 Å². The molecule has 3 aromatic carbocycles. The van der Waals surface area contributed by atoms with E-state index in [0.717, 1.165) is 28.6 Å². The average molecular weight is 472 g/mol. The van der Waals surface area contributed by atoms with E-state index in [-0.39, 0.29) is 11.2 Å². The quantitative estimate of drug-likeness (QED) is 0.230. The number of fused-ring (bicyclic) bond motifs is 2. The van der Waals surface area contributed by atoms with Crippen LogP contribution in [0.15, 0.2) is 70.6 Å². The van der Waals surface area contributed by atoms with E-state index in [1.165, 1.54) is 22.8 Å². The highest BCUT2D eigenvalue weighted by molar-refractivity contribution is 8.00. The molecule has 33 heavy (non-hydrogen) atoms. The highest BCUT2D eigenvalue weighted by Crippen LogP contribution is 2.35. The van der Waals surface area contributed by atoms with Crippen molar-refractivity contribution >= 4 is 45.0 Å². The van der Waals surface area contributed by atoms with Gasteiger partial charge in [-0.15, -0.1) is 0 Å². The molecule has 0 saturated carbocycles. The normalized spacial score (nSPS) is 12.8. The Bertz CT molecular complexity index is 1420. The molecule has 1 N–H and O–H groups in total. The lowest BCUT2D eigenvalue weighted by molar-refractivity contribution is -0.137. The Balaban J connectivity index is 1.66. The maximum atomic E-state index is 13.2. The maximum Gasteiger partial charge on any atom is 0.418 e. The van der Waals surface area contributed by atoms with Crippen molar-refractivity contribution in [1.82, 2.24) is 9.55 Å². The minimum atomic E-state index is -4.59. The van der Waals surface area contributed by atoms with Crippen LogP contribution in [0.4, 0.5) is 18.9 Å². The topological polar surface area (TPSA) is 64.0 Å². The Morgan fingerprint density at radius 1 is 1.09 bits per heavy atom. The van der Waals surface area contributed by atoms with Crippen LogP contribution in [0.25, 0.3) is 21.7 Å². The van der Waals surface area contributed by atoms with Gasteiger partial charge in [0.15, 0.2) is 5.16 Å². The van der Waals surface area contributed by atoms with E-state index in [2.05, 4.69) is 10.3 Å². The number of nitrogens with one attached hydrogen (secondary N) is 1. The summed E-state index contributed by atoms with van der Waals surface area (Å²) in [4.78, 5) is 30.4. The number of carbonyl (C=O) groups excluding carboxylic acids is 1. The van der Waals surface area contributed by atoms with Crippen LogP contribution in [0, 0.1) is 0 Å². The van der Waals surface area contributed by atoms with Gasteiger partial charge in [-0.3, -0.25) is 14.2 Å². The fraction of sp³-hybridized carbons (Fsp3) is 0.208. The molecule has 1 amide bonds. The van der Waals surface area contributed by atoms with E-state index in [1.54, 1.807) is 19.9 Å². The number of alkyl halides is 3. The molecule has 1 atom stereocenters. The number of hydrogen-bond acceptors (Lipinski definition) is 4. The smallest absolute Gasteiger partial charge is 0.325 e. The summed E-state index contributed by atoms with van der Waals surface area (Å²) in [6.07, 6.45) is -4.59. The van der Waals surface area contributed by atoms with Gasteiger partial charge in [0.1, 0.15) is 0 Å². The van der Waals surface area contributed by atoms with Crippen molar-refractivity contribution in [3.05, 3.63) is 76.6 Å². The van der Waals surface area contributed by atoms with Crippen LogP contribution < -0.4 is 10.9 Å². The Morgan fingerprint density at radius 3 is 2.39 bits per heavy atom. The standard InChI is InChI=1S/C24H20F3N3O2S/c1-3-30-22(32)17-12-15-8-4-5-9-16(15)13-20(17)29-23(30)33-14(2)21(31)28-19-11-7-6-10-18(19)24(25,26)27/h4-14H,3H2,1-2H3,(H,28,31). The first-order chi connectivity index (χ1) is 15.7. The van der Waals surface area contributed by atoms with E-state index in [1.807, 2.05) is 30.3 Å². The largest absolute Gasteiger partial charge is 0.418 e. The maximum absolute atomic E-state index is 13.2. The molecule has 0 aliphatic carbocycles. The zero-order valence-corrected chi connectivity index (χ0v) is 18.6. The Labute approximate surface area is 191 Å². The van der Waals surface area contributed by atoms with Crippen molar-refractivity contribution in [3.8, 4) is 0 Å². The third kappa shape index (κ3) is 4.59. The number of amides is 1. The lowest BCUT2D eigenvalue weighted by Crippen LogP contribution is -2.27. The Hall–Kier alpha value is -3.33. The number of aromatic nitrogens is 2. The van der Waals surface area contributed by atoms with Gasteiger partial charge in [-0.05, 0) is 48.9 Å². The predicted octanol–water partition coefficient (Wildman–Crippen LogP) is 5.71. The molecule has 0 fully saturated rings. The summed E-state index contributed by atoms with van der Waals surface area (Å²) in [7, 11) is 0. The van der Waals surface area contributed by atoms with E-state index in [9.17, 15) is 22.8 Å². The van der Waals surface area contributed by atoms with Gasteiger partial charge in [0.25, 0.3) is 5.56 Å². The van der Waals surface area contributed by atoms with E-state index in [0.29, 0.717) is 22.6 Å². The number of halogens is 3. The molecule has 0 spiro atoms. The lowest BCUT2D eigenvalue weighted by Gasteiger charge is -2.17. The minimum absolute atomic E-state index is 0.231. The first-order valence-electron chi connectivity index (χ1n) is 10.3. The number of carbonyl (C=O) groups is 1. The van der Waals surface area contributed by atoms with Crippen molar-refractivity contribution in [3.63, 3.8) is 0 Å². The summed E-state index contributed by atoms with van der Waals surface area (Å²) >= 11 is 1.03. The van der Waals surface area contributed by atoms with Crippen LogP contribution in [-0.4, -0.2) is 20.7 Å². The fourth-order valence-electron chi connectivity index (χ4n) is 3.54. The third-order valence-corrected chi connectivity index (χ3v) is 6.33. The second-order valence-electron chi connectivity index (χ2n) is 7.45. The van der Waals surface area contributed by atoms with Gasteiger partial charge in [0.05, 0.1) is 27.4 Å². The van der Waals surface area contributed by atoms with Gasteiger partial charge in [0.2, 0.25) is 5.91 Å². The molecule has 4 aromatic rings. The number of para-hydroxylation sites is 1. The molecule has 0 aliphatic heterocycles. The number of thioether (sulfide) groups is 1. The van der Waals surface area contributed by atoms with Crippen molar-refractivity contribution in [2.45, 2.75) is 37.0 Å². The van der Waals surface area contributed by atoms with Crippen molar-refractivity contribution in [1.29, 1.82) is 0 Å². The number of anilines is 1. The SMILES string of the molecule is CCn1c(SC(C)C(=O)Nc2ccccc2C(F)(F)F)nc2cc3ccccc3cc2c1=O. The van der Waals surface area contributed by atoms with Gasteiger partial charge >= 0.3 is 6.18 Å². The Morgan fingerprint density at radius 2 is 1.73 bits per heavy atom. The first kappa shape index (κ1) is 22.8. The Kier molecular flexibility index (Phi) is 6.16. The van der Waals surface area contributed by atoms with Crippen LogP contribution in [0.3, 0.4) is 0 Å². The molecule has 4 rings (SSSR count). The molecule has 1 aromatic heterocycles. The first-order valence-corrected chi connectivity index (χ1v) is 11.1. The summed E-state index contributed by atoms with van der Waals surface area (Å²) in [5, 5.41) is 4.20. The molecule has 0 bridgehead atoms. The molecule has 5 nitrogen and oxygen atoms in total. The predicted molar refractivity (Wildman–Crippen MR) is 125 cm³/mol. The van der Waals surface area contributed by atoms with Crippen LogP contribution in [0.1, 0.15) is 19.4 Å². The molecular formula is C24H20F3N3O2S. The molecule has 0 aliphatic rings. The molecule has 170 valence electrons. The van der Waals surface area contributed by atoms with E-state index < -0.39 is 22.9 Å². The minimum Gasteiger partial charge on any atom is -0.325 e. The van der Waals surface area contributed by atoms with Crippen molar-refractivity contribution in [2.75, 3.05) is 5.32 Å². The highest BCUT2D eigenvalue weighted by Gasteiger charge is 2.34. The van der Waals surface area contributed by atoms with Crippen LogP contribution >= 0.6 is 11.8 Å². The second kappa shape index (κ2) is 8.90. The molecular weight excluding hydrogens is 451 g/mol. The van der Waals surface area contributed by atoms with Gasteiger partial charge < -0.3 is 5.32 Å². The molecule has 9 heteroatoms. The average Bonchev–Trinajstić information content (AvgIpc) is 2.78. The summed E-state index contributed by atoms with van der Waals surface area (Å²) in [6.45, 7) is 3.69. The zero-order chi connectivity index (χ0) is 23.8. The number of rotatable bonds is 5. The summed E-state index contributed by atoms with van der Waals surface area (Å²) < 4.78 is 41.2. The molecule has 0 saturated heterocycles. The summed E-state index contributed by atoms with van der Waals surface area (Å²) in [5.41, 5.74) is -0.961. The number of benzene rings is 3. The van der Waals surface area contributed by atoms with Gasteiger partial charge in [0, 0.05) is 6.54 Å². The van der Waals surface area contributed by atoms with Gasteiger partial charge in [-0.1, -0.05) is 48.2 Å². The van der Waals surface area contributed by atoms with Crippen molar-refractivity contribution in [2.24, 2.45) is 0 Å². The highest BCUT2D eigenvalue weighted by atomic mass is 32.2. The van der Waals surface area contributed by atoms with Gasteiger partial charge in [-0.25, -0.2) is 4.98 Å².